The van der Waals surface area contributed by atoms with Crippen molar-refractivity contribution in [3.8, 4) is 11.5 Å². The summed E-state index contributed by atoms with van der Waals surface area (Å²) in [6.07, 6.45) is 0. The smallest absolute Gasteiger partial charge is 0.252 e. The van der Waals surface area contributed by atoms with Gasteiger partial charge in [-0.1, -0.05) is 11.6 Å². The van der Waals surface area contributed by atoms with Gasteiger partial charge in [0, 0.05) is 11.3 Å². The molecule has 0 aromatic heterocycles. The monoisotopic (exact) mass is 302 g/mol. The van der Waals surface area contributed by atoms with Gasteiger partial charge in [-0.05, 0) is 55.8 Å². The zero-order chi connectivity index (χ0) is 15.2. The molecule has 0 saturated heterocycles. The molecule has 0 fully saturated rings. The molecule has 5 heteroatoms. The van der Waals surface area contributed by atoms with Gasteiger partial charge in [-0.2, -0.15) is 0 Å². The Hall–Kier alpha value is -2.20. The van der Waals surface area contributed by atoms with E-state index in [1.807, 2.05) is 19.9 Å². The number of rotatable bonds is 2. The molecule has 2 aromatic carbocycles. The fourth-order valence-electron chi connectivity index (χ4n) is 2.45. The molecule has 2 aromatic rings. The lowest BCUT2D eigenvalue weighted by molar-refractivity contribution is 0.0940. The predicted octanol–water partition coefficient (Wildman–Crippen LogP) is 3.69. The topological polar surface area (TPSA) is 64.3 Å². The number of halogens is 1. The first kappa shape index (κ1) is 13.8. The van der Waals surface area contributed by atoms with Gasteiger partial charge >= 0.3 is 0 Å². The molecule has 0 radical (unpaired) electrons. The third-order valence-electron chi connectivity index (χ3n) is 3.52. The maximum Gasteiger partial charge on any atom is 0.252 e. The third-order valence-corrected chi connectivity index (χ3v) is 3.81. The Bertz CT molecular complexity index is 741. The summed E-state index contributed by atoms with van der Waals surface area (Å²) in [5.41, 5.74) is 7.42. The normalized spacial score (nSPS) is 15.5. The van der Waals surface area contributed by atoms with Crippen LogP contribution in [-0.2, 0) is 5.54 Å². The van der Waals surface area contributed by atoms with E-state index in [0.717, 1.165) is 5.56 Å². The van der Waals surface area contributed by atoms with E-state index in [1.165, 1.54) is 0 Å². The minimum Gasteiger partial charge on any atom is -0.456 e. The van der Waals surface area contributed by atoms with Crippen LogP contribution in [0.4, 0.5) is 5.69 Å². The van der Waals surface area contributed by atoms with Crippen molar-refractivity contribution in [3.63, 3.8) is 0 Å². The number of nitrogens with two attached hydrogens (primary N) is 1. The second kappa shape index (κ2) is 4.67. The van der Waals surface area contributed by atoms with Gasteiger partial charge in [-0.3, -0.25) is 4.79 Å². The first-order valence-corrected chi connectivity index (χ1v) is 6.94. The van der Waals surface area contributed by atoms with Gasteiger partial charge in [-0.15, -0.1) is 0 Å². The van der Waals surface area contributed by atoms with Crippen LogP contribution >= 0.6 is 11.6 Å². The highest BCUT2D eigenvalue weighted by Crippen LogP contribution is 2.36. The molecule has 0 spiro atoms. The number of benzene rings is 2. The highest BCUT2D eigenvalue weighted by molar-refractivity contribution is 6.32. The number of carbonyl (C=O) groups excluding carboxylic acids is 1. The molecular weight excluding hydrogens is 288 g/mol. The summed E-state index contributed by atoms with van der Waals surface area (Å²) in [5, 5.41) is 3.38. The Morgan fingerprint density at radius 1 is 1.19 bits per heavy atom. The first-order valence-electron chi connectivity index (χ1n) is 6.57. The van der Waals surface area contributed by atoms with Crippen molar-refractivity contribution in [2.24, 2.45) is 0 Å². The first-order chi connectivity index (χ1) is 9.87. The summed E-state index contributed by atoms with van der Waals surface area (Å²) in [7, 11) is 0. The quantitative estimate of drug-likeness (QED) is 0.832. The molecule has 1 heterocycles. The molecular formula is C16H15ClN2O2. The number of ether oxygens (including phenoxy) is 1. The minimum atomic E-state index is -0.406. The van der Waals surface area contributed by atoms with E-state index < -0.39 is 5.54 Å². The number of hydrogen-bond acceptors (Lipinski definition) is 3. The summed E-state index contributed by atoms with van der Waals surface area (Å²) in [5.74, 6) is 1.10. The maximum atomic E-state index is 11.9. The van der Waals surface area contributed by atoms with Gasteiger partial charge in [0.2, 0.25) is 0 Å². The fourth-order valence-corrected chi connectivity index (χ4v) is 2.67. The fraction of sp³-hybridized carbons (Fsp3) is 0.188. The Morgan fingerprint density at radius 2 is 1.95 bits per heavy atom. The van der Waals surface area contributed by atoms with Crippen molar-refractivity contribution in [2.75, 3.05) is 5.73 Å². The zero-order valence-corrected chi connectivity index (χ0v) is 12.5. The van der Waals surface area contributed by atoms with E-state index >= 15 is 0 Å². The van der Waals surface area contributed by atoms with Crippen LogP contribution in [0.5, 0.6) is 11.5 Å². The van der Waals surface area contributed by atoms with Gasteiger partial charge in [0.15, 0.2) is 0 Å². The van der Waals surface area contributed by atoms with Crippen molar-refractivity contribution in [2.45, 2.75) is 19.4 Å². The minimum absolute atomic E-state index is 0.0629. The average Bonchev–Trinajstić information content (AvgIpc) is 2.63. The molecule has 1 aliphatic heterocycles. The number of hydrogen-bond donors (Lipinski definition) is 2. The van der Waals surface area contributed by atoms with E-state index in [1.54, 1.807) is 30.3 Å². The number of anilines is 1. The van der Waals surface area contributed by atoms with Gasteiger partial charge < -0.3 is 15.8 Å². The standard InChI is InChI=1S/C16H15ClN2O2/c1-16(2)12-8-10(4-5-11(12)15(20)19-16)21-14-6-3-9(18)7-13(14)17/h3-8H,18H2,1-2H3,(H,19,20). The summed E-state index contributed by atoms with van der Waals surface area (Å²) in [4.78, 5) is 11.9. The highest BCUT2D eigenvalue weighted by atomic mass is 35.5. The van der Waals surface area contributed by atoms with Gasteiger partial charge in [0.25, 0.3) is 5.91 Å². The lowest BCUT2D eigenvalue weighted by Gasteiger charge is -2.19. The second-order valence-electron chi connectivity index (χ2n) is 5.58. The highest BCUT2D eigenvalue weighted by Gasteiger charge is 2.35. The Balaban J connectivity index is 1.97. The molecule has 108 valence electrons. The molecule has 0 aliphatic carbocycles. The predicted molar refractivity (Wildman–Crippen MR) is 82.9 cm³/mol. The van der Waals surface area contributed by atoms with Crippen LogP contribution in [0.25, 0.3) is 0 Å². The molecule has 3 rings (SSSR count). The summed E-state index contributed by atoms with van der Waals surface area (Å²) >= 11 is 6.10. The molecule has 1 amide bonds. The van der Waals surface area contributed by atoms with Crippen LogP contribution in [0, 0.1) is 0 Å². The van der Waals surface area contributed by atoms with E-state index in [9.17, 15) is 4.79 Å². The molecule has 0 atom stereocenters. The van der Waals surface area contributed by atoms with Crippen LogP contribution < -0.4 is 15.8 Å². The van der Waals surface area contributed by atoms with E-state index in [0.29, 0.717) is 27.8 Å². The molecule has 0 unspecified atom stereocenters. The van der Waals surface area contributed by atoms with Crippen LogP contribution in [0.1, 0.15) is 29.8 Å². The average molecular weight is 303 g/mol. The van der Waals surface area contributed by atoms with E-state index in [4.69, 9.17) is 22.1 Å². The van der Waals surface area contributed by atoms with Crippen molar-refractivity contribution < 1.29 is 9.53 Å². The number of nitrogens with one attached hydrogen (secondary N) is 1. The lowest BCUT2D eigenvalue weighted by atomic mass is 9.94. The van der Waals surface area contributed by atoms with Crippen molar-refractivity contribution in [1.82, 2.24) is 5.32 Å². The SMILES string of the molecule is CC1(C)NC(=O)c2ccc(Oc3ccc(N)cc3Cl)cc21. The number of carbonyl (C=O) groups is 1. The second-order valence-corrected chi connectivity index (χ2v) is 5.99. The summed E-state index contributed by atoms with van der Waals surface area (Å²) in [6.45, 7) is 3.91. The van der Waals surface area contributed by atoms with Crippen molar-refractivity contribution in [1.29, 1.82) is 0 Å². The van der Waals surface area contributed by atoms with Crippen LogP contribution in [0.15, 0.2) is 36.4 Å². The Kier molecular flexibility index (Phi) is 3.06. The lowest BCUT2D eigenvalue weighted by Crippen LogP contribution is -2.32. The van der Waals surface area contributed by atoms with Crippen molar-refractivity contribution >= 4 is 23.2 Å². The molecule has 3 N–H and O–H groups in total. The zero-order valence-electron chi connectivity index (χ0n) is 11.7. The molecule has 1 aliphatic rings. The van der Waals surface area contributed by atoms with Crippen LogP contribution in [0.3, 0.4) is 0 Å². The number of nitrogen functional groups attached to an aromatic ring is 1. The van der Waals surface area contributed by atoms with E-state index in [2.05, 4.69) is 5.32 Å². The third kappa shape index (κ3) is 2.43. The van der Waals surface area contributed by atoms with Crippen LogP contribution in [-0.4, -0.2) is 5.91 Å². The molecule has 0 bridgehead atoms. The molecule has 4 nitrogen and oxygen atoms in total. The largest absolute Gasteiger partial charge is 0.456 e. The molecule has 0 saturated carbocycles. The van der Waals surface area contributed by atoms with Crippen molar-refractivity contribution in [3.05, 3.63) is 52.5 Å². The molecule has 21 heavy (non-hydrogen) atoms. The van der Waals surface area contributed by atoms with Gasteiger partial charge in [0.05, 0.1) is 10.6 Å². The van der Waals surface area contributed by atoms with Crippen LogP contribution in [0.2, 0.25) is 5.02 Å². The summed E-state index contributed by atoms with van der Waals surface area (Å²) < 4.78 is 5.79. The van der Waals surface area contributed by atoms with E-state index in [-0.39, 0.29) is 5.91 Å². The Morgan fingerprint density at radius 3 is 2.67 bits per heavy atom. The van der Waals surface area contributed by atoms with Gasteiger partial charge in [0.1, 0.15) is 11.5 Å². The Labute approximate surface area is 127 Å². The summed E-state index contributed by atoms with van der Waals surface area (Å²) in [6, 6.07) is 10.5. The number of amides is 1. The number of fused-ring (bicyclic) bond motifs is 1. The maximum absolute atomic E-state index is 11.9. The van der Waals surface area contributed by atoms with Gasteiger partial charge in [-0.25, -0.2) is 0 Å².